The van der Waals surface area contributed by atoms with E-state index < -0.39 is 40.5 Å². The number of non-ortho nitro benzene ring substituents is 1. The Morgan fingerprint density at radius 3 is 2.24 bits per heavy atom. The Hall–Kier alpha value is -4.13. The first-order valence-corrected chi connectivity index (χ1v) is 14.5. The van der Waals surface area contributed by atoms with Gasteiger partial charge in [-0.15, -0.1) is 0 Å². The molecule has 12 nitrogen and oxygen atoms in total. The highest BCUT2D eigenvalue weighted by Crippen LogP contribution is 2.26. The fourth-order valence-corrected chi connectivity index (χ4v) is 4.73. The van der Waals surface area contributed by atoms with Crippen LogP contribution in [0, 0.1) is 10.1 Å². The molecule has 2 atom stereocenters. The van der Waals surface area contributed by atoms with Gasteiger partial charge in [0.05, 0.1) is 4.92 Å². The first kappa shape index (κ1) is 34.1. The number of alkyl carbamates (subject to hydrolysis) is 1. The van der Waals surface area contributed by atoms with Crippen LogP contribution in [0.5, 0.6) is 0 Å². The van der Waals surface area contributed by atoms with Crippen LogP contribution in [0.15, 0.2) is 54.6 Å². The minimum Gasteiger partial charge on any atom is -0.444 e. The lowest BCUT2D eigenvalue weighted by atomic mass is 9.87. The van der Waals surface area contributed by atoms with Gasteiger partial charge in [0.15, 0.2) is 5.12 Å². The maximum atomic E-state index is 13.5. The average molecular weight is 602 g/mol. The van der Waals surface area contributed by atoms with Crippen molar-refractivity contribution in [3.8, 4) is 0 Å². The highest BCUT2D eigenvalue weighted by atomic mass is 32.2. The van der Waals surface area contributed by atoms with Crippen molar-refractivity contribution in [1.82, 2.24) is 15.5 Å². The second-order valence-electron chi connectivity index (χ2n) is 10.6. The van der Waals surface area contributed by atoms with E-state index in [2.05, 4.69) is 10.6 Å². The Bertz CT molecular complexity index is 1220. The molecule has 4 N–H and O–H groups in total. The lowest BCUT2D eigenvalue weighted by Gasteiger charge is -2.30. The molecule has 0 radical (unpaired) electrons. The lowest BCUT2D eigenvalue weighted by Crippen LogP contribution is -2.53. The maximum Gasteiger partial charge on any atom is 0.407 e. The van der Waals surface area contributed by atoms with Crippen molar-refractivity contribution in [3.05, 3.63) is 75.8 Å². The van der Waals surface area contributed by atoms with Crippen molar-refractivity contribution in [1.29, 1.82) is 0 Å². The number of benzene rings is 2. The van der Waals surface area contributed by atoms with E-state index in [1.807, 2.05) is 30.3 Å². The molecule has 1 unspecified atom stereocenters. The number of ether oxygens (including phenoxy) is 1. The van der Waals surface area contributed by atoms with Crippen LogP contribution in [-0.4, -0.2) is 70.0 Å². The summed E-state index contributed by atoms with van der Waals surface area (Å²) in [5.74, 6) is -1.18. The number of primary amides is 1. The molecule has 0 bridgehead atoms. The molecule has 0 aliphatic carbocycles. The summed E-state index contributed by atoms with van der Waals surface area (Å²) in [4.78, 5) is 62.1. The third-order valence-electron chi connectivity index (χ3n) is 6.11. The number of carbonyl (C=O) groups excluding carboxylic acids is 4. The molecule has 0 saturated heterocycles. The Labute approximate surface area is 249 Å². The summed E-state index contributed by atoms with van der Waals surface area (Å²) in [5.41, 5.74) is 6.45. The largest absolute Gasteiger partial charge is 0.444 e. The van der Waals surface area contributed by atoms with Gasteiger partial charge in [0.25, 0.3) is 5.69 Å². The van der Waals surface area contributed by atoms with Crippen molar-refractivity contribution in [2.24, 2.45) is 5.73 Å². The number of thioether (sulfide) groups is 1. The van der Waals surface area contributed by atoms with Gasteiger partial charge >= 0.3 is 12.1 Å². The van der Waals surface area contributed by atoms with Gasteiger partial charge in [-0.05, 0) is 44.7 Å². The fourth-order valence-electron chi connectivity index (χ4n) is 4.13. The number of nitro benzene ring substituents is 1. The van der Waals surface area contributed by atoms with Crippen LogP contribution in [0.2, 0.25) is 0 Å². The SMILES string of the molecule is CC(=O)SCCN(CCc1ccccc1)C(=O)N[C@H](C(N)=O)C(CCNC(=O)OC(C)(C)C)c1ccc([N+](=O)[O-])cc1. The number of nitro groups is 1. The molecule has 228 valence electrons. The van der Waals surface area contributed by atoms with Crippen LogP contribution in [0.25, 0.3) is 0 Å². The van der Waals surface area contributed by atoms with Crippen molar-refractivity contribution >= 4 is 40.6 Å². The first-order chi connectivity index (χ1) is 19.8. The molecule has 0 saturated carbocycles. The van der Waals surface area contributed by atoms with E-state index in [9.17, 15) is 29.3 Å². The number of nitrogens with two attached hydrogens (primary N) is 1. The Morgan fingerprint density at radius 1 is 1.05 bits per heavy atom. The van der Waals surface area contributed by atoms with Gasteiger partial charge in [0, 0.05) is 50.4 Å². The normalized spacial score (nSPS) is 12.5. The van der Waals surface area contributed by atoms with Gasteiger partial charge in [0.1, 0.15) is 11.6 Å². The molecule has 0 heterocycles. The predicted octanol–water partition coefficient (Wildman–Crippen LogP) is 3.98. The summed E-state index contributed by atoms with van der Waals surface area (Å²) < 4.78 is 5.27. The molecule has 0 fully saturated rings. The zero-order valence-corrected chi connectivity index (χ0v) is 25.1. The van der Waals surface area contributed by atoms with Crippen LogP contribution in [0.4, 0.5) is 15.3 Å². The summed E-state index contributed by atoms with van der Waals surface area (Å²) in [6.45, 7) is 7.26. The molecular weight excluding hydrogens is 562 g/mol. The van der Waals surface area contributed by atoms with Crippen LogP contribution in [0.3, 0.4) is 0 Å². The molecule has 2 rings (SSSR count). The van der Waals surface area contributed by atoms with Crippen LogP contribution < -0.4 is 16.4 Å². The van der Waals surface area contributed by atoms with Crippen molar-refractivity contribution < 1.29 is 28.8 Å². The number of urea groups is 1. The number of carbonyl (C=O) groups is 4. The maximum absolute atomic E-state index is 13.5. The minimum atomic E-state index is -1.21. The van der Waals surface area contributed by atoms with Crippen LogP contribution in [-0.2, 0) is 20.7 Å². The molecule has 2 aromatic carbocycles. The molecule has 0 aliphatic heterocycles. The molecule has 13 heteroatoms. The number of amides is 4. The van der Waals surface area contributed by atoms with Gasteiger partial charge in [-0.3, -0.25) is 19.7 Å². The van der Waals surface area contributed by atoms with Gasteiger partial charge in [0.2, 0.25) is 5.91 Å². The smallest absolute Gasteiger partial charge is 0.407 e. The fraction of sp³-hybridized carbons (Fsp3) is 0.448. The Kier molecular flexibility index (Phi) is 13.3. The van der Waals surface area contributed by atoms with E-state index in [-0.39, 0.29) is 30.3 Å². The van der Waals surface area contributed by atoms with E-state index >= 15 is 0 Å². The van der Waals surface area contributed by atoms with E-state index in [4.69, 9.17) is 10.5 Å². The van der Waals surface area contributed by atoms with E-state index in [1.165, 1.54) is 36.1 Å². The zero-order chi connectivity index (χ0) is 31.3. The van der Waals surface area contributed by atoms with Crippen molar-refractivity contribution in [2.75, 3.05) is 25.4 Å². The molecule has 42 heavy (non-hydrogen) atoms. The summed E-state index contributed by atoms with van der Waals surface area (Å²) >= 11 is 1.09. The van der Waals surface area contributed by atoms with Crippen molar-refractivity contribution in [3.63, 3.8) is 0 Å². The predicted molar refractivity (Wildman–Crippen MR) is 161 cm³/mol. The van der Waals surface area contributed by atoms with Gasteiger partial charge < -0.3 is 26.0 Å². The highest BCUT2D eigenvalue weighted by molar-refractivity contribution is 8.13. The monoisotopic (exact) mass is 601 g/mol. The first-order valence-electron chi connectivity index (χ1n) is 13.5. The highest BCUT2D eigenvalue weighted by Gasteiger charge is 2.31. The summed E-state index contributed by atoms with van der Waals surface area (Å²) in [6, 6.07) is 13.4. The molecule has 4 amide bonds. The second kappa shape index (κ2) is 16.3. The van der Waals surface area contributed by atoms with E-state index in [1.54, 1.807) is 20.8 Å². The zero-order valence-electron chi connectivity index (χ0n) is 24.3. The van der Waals surface area contributed by atoms with Gasteiger partial charge in [-0.2, -0.15) is 0 Å². The van der Waals surface area contributed by atoms with Crippen LogP contribution in [0.1, 0.15) is 51.2 Å². The molecule has 0 aromatic heterocycles. The van der Waals surface area contributed by atoms with Gasteiger partial charge in [-0.1, -0.05) is 54.2 Å². The lowest BCUT2D eigenvalue weighted by molar-refractivity contribution is -0.384. The summed E-state index contributed by atoms with van der Waals surface area (Å²) in [5, 5.41) is 16.5. The number of nitrogens with one attached hydrogen (secondary N) is 2. The van der Waals surface area contributed by atoms with Crippen molar-refractivity contribution in [2.45, 2.75) is 58.1 Å². The number of hydrogen-bond donors (Lipinski definition) is 3. The third kappa shape index (κ3) is 12.2. The molecule has 0 spiro atoms. The van der Waals surface area contributed by atoms with Gasteiger partial charge in [-0.25, -0.2) is 9.59 Å². The molecular formula is C29H39N5O7S. The molecule has 0 aliphatic rings. The topological polar surface area (TPSA) is 174 Å². The van der Waals surface area contributed by atoms with E-state index in [0.717, 1.165) is 17.3 Å². The molecule has 2 aromatic rings. The number of rotatable bonds is 14. The summed E-state index contributed by atoms with van der Waals surface area (Å²) in [7, 11) is 0. The Morgan fingerprint density at radius 2 is 1.69 bits per heavy atom. The quantitative estimate of drug-likeness (QED) is 0.215. The summed E-state index contributed by atoms with van der Waals surface area (Å²) in [6.07, 6.45) is 0.0562. The van der Waals surface area contributed by atoms with Crippen LogP contribution >= 0.6 is 11.8 Å². The second-order valence-corrected chi connectivity index (χ2v) is 11.8. The average Bonchev–Trinajstić information content (AvgIpc) is 2.91. The number of hydrogen-bond acceptors (Lipinski definition) is 8. The van der Waals surface area contributed by atoms with E-state index in [0.29, 0.717) is 24.3 Å². The third-order valence-corrected chi connectivity index (χ3v) is 6.90. The Balaban J connectivity index is 2.28. The number of nitrogens with zero attached hydrogens (tertiary/aromatic N) is 2. The standard InChI is InChI=1S/C29H39N5O7S/c1-20(35)42-19-18-33(17-15-21-8-6-5-7-9-21)27(37)32-25(26(30)36)24(14-16-31-28(38)41-29(2,3)4)22-10-12-23(13-11-22)34(39)40/h5-13,24-25H,14-19H2,1-4H3,(H2,30,36)(H,31,38)(H,32,37)/t24?,25-/m0/s1. The minimum absolute atomic E-state index is 0.0726.